The van der Waals surface area contributed by atoms with Crippen LogP contribution in [0, 0.1) is 6.92 Å². The maximum absolute atomic E-state index is 11.9. The van der Waals surface area contributed by atoms with Crippen molar-refractivity contribution in [2.75, 3.05) is 6.54 Å². The summed E-state index contributed by atoms with van der Waals surface area (Å²) in [5, 5.41) is 3.24. The van der Waals surface area contributed by atoms with E-state index in [4.69, 9.17) is 0 Å². The van der Waals surface area contributed by atoms with E-state index in [2.05, 4.69) is 24.4 Å². The van der Waals surface area contributed by atoms with Gasteiger partial charge in [0.1, 0.15) is 0 Å². The van der Waals surface area contributed by atoms with Crippen LogP contribution < -0.4 is 5.32 Å². The first kappa shape index (κ1) is 10.4. The molecule has 1 fully saturated rings. The summed E-state index contributed by atoms with van der Waals surface area (Å²) in [6.07, 6.45) is 2.70. The summed E-state index contributed by atoms with van der Waals surface area (Å²) in [6, 6.07) is 8.29. The Morgan fingerprint density at radius 1 is 1.53 bits per heavy atom. The zero-order valence-corrected chi connectivity index (χ0v) is 9.12. The lowest BCUT2D eigenvalue weighted by molar-refractivity contribution is -0.120. The molecule has 2 nitrogen and oxygen atoms in total. The number of hydrogen-bond acceptors (Lipinski definition) is 2. The van der Waals surface area contributed by atoms with E-state index >= 15 is 0 Å². The van der Waals surface area contributed by atoms with E-state index in [0.717, 1.165) is 24.9 Å². The first-order valence-corrected chi connectivity index (χ1v) is 5.57. The topological polar surface area (TPSA) is 29.1 Å². The number of carbonyl (C=O) groups is 1. The third-order valence-corrected chi connectivity index (χ3v) is 2.91. The van der Waals surface area contributed by atoms with Gasteiger partial charge in [-0.15, -0.1) is 0 Å². The van der Waals surface area contributed by atoms with Gasteiger partial charge in [0.15, 0.2) is 5.78 Å². The molecule has 0 aliphatic carbocycles. The van der Waals surface area contributed by atoms with Crippen LogP contribution in [0.5, 0.6) is 0 Å². The van der Waals surface area contributed by atoms with E-state index in [1.165, 1.54) is 5.56 Å². The lowest BCUT2D eigenvalue weighted by Gasteiger charge is -2.08. The van der Waals surface area contributed by atoms with Crippen LogP contribution in [0.4, 0.5) is 0 Å². The fourth-order valence-corrected chi connectivity index (χ4v) is 2.11. The van der Waals surface area contributed by atoms with Gasteiger partial charge in [0.2, 0.25) is 0 Å². The SMILES string of the molecule is Cc1cccc(CC(=O)[C@H]2CCCN2)c1. The van der Waals surface area contributed by atoms with Gasteiger partial charge in [-0.1, -0.05) is 29.8 Å². The molecule has 1 atom stereocenters. The van der Waals surface area contributed by atoms with Crippen molar-refractivity contribution in [3.63, 3.8) is 0 Å². The predicted molar refractivity (Wildman–Crippen MR) is 60.9 cm³/mol. The van der Waals surface area contributed by atoms with Crippen LogP contribution in [-0.4, -0.2) is 18.4 Å². The zero-order chi connectivity index (χ0) is 10.7. The molecule has 2 rings (SSSR count). The fraction of sp³-hybridized carbons (Fsp3) is 0.462. The Bertz CT molecular complexity index is 353. The molecule has 0 aromatic heterocycles. The second-order valence-electron chi connectivity index (χ2n) is 4.28. The maximum Gasteiger partial charge on any atom is 0.154 e. The lowest BCUT2D eigenvalue weighted by atomic mass is 10.0. The molecule has 1 N–H and O–H groups in total. The molecule has 80 valence electrons. The smallest absolute Gasteiger partial charge is 0.154 e. The largest absolute Gasteiger partial charge is 0.307 e. The molecule has 1 aliphatic heterocycles. The van der Waals surface area contributed by atoms with Crippen molar-refractivity contribution >= 4 is 5.78 Å². The summed E-state index contributed by atoms with van der Waals surface area (Å²) in [6.45, 7) is 3.05. The molecule has 0 bridgehead atoms. The molecule has 0 spiro atoms. The molecule has 1 heterocycles. The second-order valence-corrected chi connectivity index (χ2v) is 4.28. The summed E-state index contributed by atoms with van der Waals surface area (Å²) in [5.74, 6) is 0.332. The summed E-state index contributed by atoms with van der Waals surface area (Å²) in [5.41, 5.74) is 2.35. The molecule has 1 aliphatic rings. The Morgan fingerprint density at radius 3 is 3.07 bits per heavy atom. The Kier molecular flexibility index (Phi) is 3.17. The molecule has 0 amide bonds. The normalized spacial score (nSPS) is 20.5. The first-order chi connectivity index (χ1) is 7.25. The second kappa shape index (κ2) is 4.58. The average Bonchev–Trinajstić information content (AvgIpc) is 2.70. The van der Waals surface area contributed by atoms with Crippen LogP contribution in [-0.2, 0) is 11.2 Å². The van der Waals surface area contributed by atoms with Gasteiger partial charge in [0.25, 0.3) is 0 Å². The number of Topliss-reactive ketones (excluding diaryl/α,β-unsaturated/α-hetero) is 1. The molecule has 0 unspecified atom stereocenters. The van der Waals surface area contributed by atoms with Gasteiger partial charge >= 0.3 is 0 Å². The molecule has 1 aromatic carbocycles. The molecule has 0 saturated carbocycles. The van der Waals surface area contributed by atoms with Crippen molar-refractivity contribution in [2.45, 2.75) is 32.2 Å². The van der Waals surface area contributed by atoms with Gasteiger partial charge in [-0.2, -0.15) is 0 Å². The molecule has 15 heavy (non-hydrogen) atoms. The van der Waals surface area contributed by atoms with E-state index in [-0.39, 0.29) is 6.04 Å². The van der Waals surface area contributed by atoms with Crippen molar-refractivity contribution in [1.82, 2.24) is 5.32 Å². The highest BCUT2D eigenvalue weighted by Crippen LogP contribution is 2.11. The van der Waals surface area contributed by atoms with Crippen LogP contribution in [0.2, 0.25) is 0 Å². The number of aryl methyl sites for hydroxylation is 1. The van der Waals surface area contributed by atoms with Gasteiger partial charge in [0.05, 0.1) is 6.04 Å². The summed E-state index contributed by atoms with van der Waals surface area (Å²) in [7, 11) is 0. The van der Waals surface area contributed by atoms with Crippen molar-refractivity contribution in [3.05, 3.63) is 35.4 Å². The van der Waals surface area contributed by atoms with E-state index in [1.54, 1.807) is 0 Å². The summed E-state index contributed by atoms with van der Waals surface area (Å²) >= 11 is 0. The molecular formula is C13H17NO. The van der Waals surface area contributed by atoms with Crippen molar-refractivity contribution < 1.29 is 4.79 Å². The highest BCUT2D eigenvalue weighted by molar-refractivity contribution is 5.86. The van der Waals surface area contributed by atoms with E-state index < -0.39 is 0 Å². The number of ketones is 1. The summed E-state index contributed by atoms with van der Waals surface area (Å²) < 4.78 is 0. The number of benzene rings is 1. The molecular weight excluding hydrogens is 186 g/mol. The van der Waals surface area contributed by atoms with E-state index in [9.17, 15) is 4.79 Å². The number of hydrogen-bond donors (Lipinski definition) is 1. The van der Waals surface area contributed by atoms with Crippen molar-refractivity contribution in [1.29, 1.82) is 0 Å². The lowest BCUT2D eigenvalue weighted by Crippen LogP contribution is -2.31. The third-order valence-electron chi connectivity index (χ3n) is 2.91. The Labute approximate surface area is 90.7 Å². The number of rotatable bonds is 3. The van der Waals surface area contributed by atoms with Crippen LogP contribution in [0.3, 0.4) is 0 Å². The Morgan fingerprint density at radius 2 is 2.40 bits per heavy atom. The molecule has 2 heteroatoms. The van der Waals surface area contributed by atoms with Crippen LogP contribution in [0.25, 0.3) is 0 Å². The average molecular weight is 203 g/mol. The Hall–Kier alpha value is -1.15. The molecule has 1 aromatic rings. The number of carbonyl (C=O) groups excluding carboxylic acids is 1. The van der Waals surface area contributed by atoms with E-state index in [1.807, 2.05) is 12.1 Å². The van der Waals surface area contributed by atoms with Crippen LogP contribution in [0.1, 0.15) is 24.0 Å². The molecule has 0 radical (unpaired) electrons. The minimum absolute atomic E-state index is 0.102. The highest BCUT2D eigenvalue weighted by Gasteiger charge is 2.21. The van der Waals surface area contributed by atoms with Crippen LogP contribution in [0.15, 0.2) is 24.3 Å². The standard InChI is InChI=1S/C13H17NO/c1-10-4-2-5-11(8-10)9-13(15)12-6-3-7-14-12/h2,4-5,8,12,14H,3,6-7,9H2,1H3/t12-/m1/s1. The minimum atomic E-state index is 0.102. The third kappa shape index (κ3) is 2.66. The van der Waals surface area contributed by atoms with Crippen molar-refractivity contribution in [2.24, 2.45) is 0 Å². The first-order valence-electron chi connectivity index (χ1n) is 5.57. The molecule has 1 saturated heterocycles. The quantitative estimate of drug-likeness (QED) is 0.812. The Balaban J connectivity index is 1.99. The fourth-order valence-electron chi connectivity index (χ4n) is 2.11. The highest BCUT2D eigenvalue weighted by atomic mass is 16.1. The monoisotopic (exact) mass is 203 g/mol. The van der Waals surface area contributed by atoms with Gasteiger partial charge in [-0.3, -0.25) is 4.79 Å². The van der Waals surface area contributed by atoms with E-state index in [0.29, 0.717) is 12.2 Å². The zero-order valence-electron chi connectivity index (χ0n) is 9.12. The van der Waals surface area contributed by atoms with Crippen LogP contribution >= 0.6 is 0 Å². The van der Waals surface area contributed by atoms with Crippen molar-refractivity contribution in [3.8, 4) is 0 Å². The van der Waals surface area contributed by atoms with Gasteiger partial charge in [-0.05, 0) is 31.9 Å². The van der Waals surface area contributed by atoms with Gasteiger partial charge in [0, 0.05) is 6.42 Å². The maximum atomic E-state index is 11.9. The minimum Gasteiger partial charge on any atom is -0.307 e. The summed E-state index contributed by atoms with van der Waals surface area (Å²) in [4.78, 5) is 11.9. The van der Waals surface area contributed by atoms with Gasteiger partial charge in [-0.25, -0.2) is 0 Å². The predicted octanol–water partition coefficient (Wildman–Crippen LogP) is 1.86. The number of nitrogens with one attached hydrogen (secondary N) is 1. The van der Waals surface area contributed by atoms with Gasteiger partial charge < -0.3 is 5.32 Å².